The average Bonchev–Trinajstić information content (AvgIpc) is 3.40. The summed E-state index contributed by atoms with van der Waals surface area (Å²) in [5.74, 6) is -0.110. The van der Waals surface area contributed by atoms with Crippen LogP contribution < -0.4 is 40.2 Å². The van der Waals surface area contributed by atoms with Crippen LogP contribution in [0.5, 0.6) is 23.0 Å². The Morgan fingerprint density at radius 2 is 1.03 bits per heavy atom. The van der Waals surface area contributed by atoms with Crippen LogP contribution in [0.2, 0.25) is 10.0 Å². The van der Waals surface area contributed by atoms with Gasteiger partial charge in [-0.05, 0) is 86.6 Å². The lowest BCUT2D eigenvalue weighted by molar-refractivity contribution is -0.118. The normalized spacial score (nSPS) is 10.7. The first-order chi connectivity index (χ1) is 36.0. The molecule has 8 rings (SSSR count). The molecule has 8 aromatic rings. The zero-order valence-corrected chi connectivity index (χ0v) is 41.8. The predicted octanol–water partition coefficient (Wildman–Crippen LogP) is 11.3. The van der Waals surface area contributed by atoms with Gasteiger partial charge in [-0.3, -0.25) is 29.5 Å². The second-order valence-electron chi connectivity index (χ2n) is 15.5. The Bertz CT molecular complexity index is 3250. The standard InChI is InChI=1S/C52H41Cl2N10O9P/c1-3-68-47-21-41-37(51(31(23-55)25-59-41)61-33-11-13-45(39(53)17-33)70-27-35-9-5-7-15-57-35)19-43(47)63-49(65)29-72-74(67)73-30-50(66)64-44-20-38-42(22-48(44)69-4-2)60-26-32(24-56)52(38)62-34-12-14-46(40(54)18-34)71-28-36-10-6-8-16-58-36/h5-22,25-26H,3-4,27-30H2,1-2H3,(H3-,59,60,61,62,63,64,65,66)/p+1. The summed E-state index contributed by atoms with van der Waals surface area (Å²) in [5, 5.41) is 33.5. The molecule has 22 heteroatoms. The van der Waals surface area contributed by atoms with E-state index >= 15 is 0 Å². The quantitative estimate of drug-likeness (QED) is 0.0460. The van der Waals surface area contributed by atoms with Crippen molar-refractivity contribution in [2.24, 2.45) is 0 Å². The van der Waals surface area contributed by atoms with Crippen molar-refractivity contribution < 1.29 is 42.1 Å². The number of ether oxygens (including phenoxy) is 4. The molecular weight excluding hydrogens is 1010 g/mol. The Morgan fingerprint density at radius 1 is 0.581 bits per heavy atom. The van der Waals surface area contributed by atoms with Crippen molar-refractivity contribution in [1.82, 2.24) is 19.9 Å². The molecule has 0 unspecified atom stereocenters. The van der Waals surface area contributed by atoms with Crippen LogP contribution in [0.25, 0.3) is 21.8 Å². The number of benzene rings is 4. The van der Waals surface area contributed by atoms with Crippen molar-refractivity contribution in [3.05, 3.63) is 154 Å². The number of anilines is 6. The van der Waals surface area contributed by atoms with Gasteiger partial charge in [-0.25, -0.2) is 0 Å². The lowest BCUT2D eigenvalue weighted by atomic mass is 10.1. The van der Waals surface area contributed by atoms with Gasteiger partial charge in [0.1, 0.15) is 48.4 Å². The van der Waals surface area contributed by atoms with Crippen LogP contribution in [-0.2, 0) is 36.4 Å². The summed E-state index contributed by atoms with van der Waals surface area (Å²) < 4.78 is 46.6. The third-order valence-corrected chi connectivity index (χ3v) is 11.8. The van der Waals surface area contributed by atoms with E-state index in [2.05, 4.69) is 53.3 Å². The van der Waals surface area contributed by atoms with E-state index in [1.165, 1.54) is 12.4 Å². The van der Waals surface area contributed by atoms with E-state index in [9.17, 15) is 24.7 Å². The molecule has 19 nitrogen and oxygen atoms in total. The van der Waals surface area contributed by atoms with Crippen LogP contribution in [0.1, 0.15) is 36.4 Å². The summed E-state index contributed by atoms with van der Waals surface area (Å²) in [4.78, 5) is 43.9. The number of carbonyl (C=O) groups is 2. The SMILES string of the molecule is CCOc1cc2ncc(C#N)c(Nc3ccc(OCc4ccccn4)c(Cl)c3)c2cc1NC(=O)CO[P+](=O)OCC(=O)Nc1cc2c(Nc3ccc(OCc4ccccn4)c(Cl)c3)c(C#N)cnc2cc1OCC. The number of nitrogens with one attached hydrogen (secondary N) is 4. The molecule has 4 aromatic heterocycles. The predicted molar refractivity (Wildman–Crippen MR) is 279 cm³/mol. The molecule has 74 heavy (non-hydrogen) atoms. The minimum absolute atomic E-state index is 0.194. The molecule has 0 aliphatic heterocycles. The summed E-state index contributed by atoms with van der Waals surface area (Å²) in [6.07, 6.45) is 6.16. The topological polar surface area (TPSA) is 254 Å². The Kier molecular flexibility index (Phi) is 17.2. The molecule has 0 saturated heterocycles. The number of aromatic nitrogens is 4. The largest absolute Gasteiger partial charge is 0.698 e. The number of nitriles is 2. The van der Waals surface area contributed by atoms with E-state index in [1.807, 2.05) is 36.4 Å². The zero-order chi connectivity index (χ0) is 52.0. The van der Waals surface area contributed by atoms with E-state index < -0.39 is 33.3 Å². The number of hydrogen-bond donors (Lipinski definition) is 4. The minimum atomic E-state index is -2.99. The lowest BCUT2D eigenvalue weighted by Crippen LogP contribution is -2.19. The van der Waals surface area contributed by atoms with Crippen molar-refractivity contribution in [2.75, 3.05) is 47.7 Å². The van der Waals surface area contributed by atoms with Gasteiger partial charge in [-0.2, -0.15) is 10.5 Å². The molecule has 0 spiro atoms. The van der Waals surface area contributed by atoms with Crippen molar-refractivity contribution in [1.29, 1.82) is 10.5 Å². The number of fused-ring (bicyclic) bond motifs is 2. The molecule has 0 aliphatic carbocycles. The van der Waals surface area contributed by atoms with E-state index in [-0.39, 0.29) is 60.4 Å². The fourth-order valence-corrected chi connectivity index (χ4v) is 8.20. The monoisotopic (exact) mass is 1050 g/mol. The van der Waals surface area contributed by atoms with E-state index in [4.69, 9.17) is 51.2 Å². The highest BCUT2D eigenvalue weighted by Gasteiger charge is 2.26. The summed E-state index contributed by atoms with van der Waals surface area (Å²) in [6.45, 7) is 2.91. The third-order valence-electron chi connectivity index (χ3n) is 10.5. The molecule has 0 bridgehead atoms. The molecule has 4 aromatic carbocycles. The van der Waals surface area contributed by atoms with Gasteiger partial charge in [-0.15, -0.1) is 9.05 Å². The Balaban J connectivity index is 0.908. The zero-order valence-electron chi connectivity index (χ0n) is 39.4. The fourth-order valence-electron chi connectivity index (χ4n) is 7.21. The molecular formula is C52H42Cl2N10O9P+. The van der Waals surface area contributed by atoms with Gasteiger partial charge in [-0.1, -0.05) is 35.3 Å². The summed E-state index contributed by atoms with van der Waals surface area (Å²) in [7, 11) is -2.99. The van der Waals surface area contributed by atoms with Crippen LogP contribution in [-0.4, -0.2) is 58.2 Å². The molecule has 0 fully saturated rings. The first kappa shape index (κ1) is 51.7. The van der Waals surface area contributed by atoms with Crippen LogP contribution in [0.3, 0.4) is 0 Å². The van der Waals surface area contributed by atoms with E-state index in [1.54, 1.807) is 86.9 Å². The molecule has 0 radical (unpaired) electrons. The van der Waals surface area contributed by atoms with Gasteiger partial charge in [0, 0.05) is 63.6 Å². The van der Waals surface area contributed by atoms with Gasteiger partial charge in [0.2, 0.25) is 0 Å². The van der Waals surface area contributed by atoms with Crippen molar-refractivity contribution in [3.63, 3.8) is 0 Å². The molecule has 2 amide bonds. The summed E-state index contributed by atoms with van der Waals surface area (Å²) in [5.41, 5.74) is 4.91. The first-order valence-electron chi connectivity index (χ1n) is 22.5. The number of amides is 2. The first-order valence-corrected chi connectivity index (χ1v) is 24.4. The number of hydrogen-bond acceptors (Lipinski definition) is 17. The fraction of sp³-hybridized carbons (Fsp3) is 0.154. The highest BCUT2D eigenvalue weighted by molar-refractivity contribution is 7.33. The van der Waals surface area contributed by atoms with Crippen LogP contribution in [0, 0.1) is 22.7 Å². The number of rotatable bonds is 22. The van der Waals surface area contributed by atoms with Crippen molar-refractivity contribution in [3.8, 4) is 35.1 Å². The Hall–Kier alpha value is -8.68. The minimum Gasteiger partial charge on any atom is -0.492 e. The molecule has 4 heterocycles. The second kappa shape index (κ2) is 24.6. The second-order valence-corrected chi connectivity index (χ2v) is 17.3. The van der Waals surface area contributed by atoms with Gasteiger partial charge < -0.3 is 40.2 Å². The molecule has 0 atom stereocenters. The lowest BCUT2D eigenvalue weighted by Gasteiger charge is -2.16. The molecule has 0 saturated carbocycles. The Labute approximate surface area is 434 Å². The van der Waals surface area contributed by atoms with Crippen molar-refractivity contribution >= 4 is 99.2 Å². The highest BCUT2D eigenvalue weighted by atomic mass is 35.5. The van der Waals surface area contributed by atoms with Crippen molar-refractivity contribution in [2.45, 2.75) is 27.1 Å². The third kappa shape index (κ3) is 13.0. The summed E-state index contributed by atoms with van der Waals surface area (Å²) >= 11 is 13.2. The van der Waals surface area contributed by atoms with Crippen LogP contribution in [0.15, 0.2) is 122 Å². The van der Waals surface area contributed by atoms with Crippen LogP contribution >= 0.6 is 31.5 Å². The van der Waals surface area contributed by atoms with Gasteiger partial charge >= 0.3 is 8.25 Å². The van der Waals surface area contributed by atoms with Crippen LogP contribution in [0.4, 0.5) is 34.1 Å². The van der Waals surface area contributed by atoms with E-state index in [0.717, 1.165) is 11.4 Å². The van der Waals surface area contributed by atoms with E-state index in [0.29, 0.717) is 66.1 Å². The number of pyridine rings is 4. The van der Waals surface area contributed by atoms with Gasteiger partial charge in [0.25, 0.3) is 11.8 Å². The molecule has 372 valence electrons. The number of nitrogens with zero attached hydrogens (tertiary/aromatic N) is 6. The molecule has 0 aliphatic rings. The number of carbonyl (C=O) groups excluding carboxylic acids is 2. The highest BCUT2D eigenvalue weighted by Crippen LogP contribution is 2.40. The molecule has 4 N–H and O–H groups in total. The maximum atomic E-state index is 13.3. The Morgan fingerprint density at radius 3 is 1.41 bits per heavy atom. The maximum Gasteiger partial charge on any atom is 0.698 e. The van der Waals surface area contributed by atoms with Gasteiger partial charge in [0.05, 0.1) is 79.6 Å². The summed E-state index contributed by atoms with van der Waals surface area (Å²) in [6, 6.07) is 31.8. The van der Waals surface area contributed by atoms with Gasteiger partial charge in [0.15, 0.2) is 13.2 Å². The average molecular weight is 1050 g/mol. The maximum absolute atomic E-state index is 13.3. The number of halogens is 2. The smallest absolute Gasteiger partial charge is 0.492 e.